The lowest BCUT2D eigenvalue weighted by Gasteiger charge is -2.27. The molecular formula is C20H23N4O3+. The van der Waals surface area contributed by atoms with Gasteiger partial charge in [-0.3, -0.25) is 4.79 Å². The normalized spacial score (nSPS) is 16.0. The quantitative estimate of drug-likeness (QED) is 0.717. The summed E-state index contributed by atoms with van der Waals surface area (Å²) in [5, 5.41) is 19.2. The molecule has 27 heavy (non-hydrogen) atoms. The average molecular weight is 367 g/mol. The first kappa shape index (κ1) is 18.5. The molecule has 1 aliphatic rings. The van der Waals surface area contributed by atoms with Crippen molar-refractivity contribution in [2.24, 2.45) is 5.73 Å². The van der Waals surface area contributed by atoms with E-state index in [9.17, 15) is 15.2 Å². The smallest absolute Gasteiger partial charge is 0.258 e. The van der Waals surface area contributed by atoms with Crippen molar-refractivity contribution in [3.8, 4) is 17.6 Å². The van der Waals surface area contributed by atoms with Crippen molar-refractivity contribution in [2.75, 3.05) is 20.6 Å². The molecule has 3 rings (SSSR count). The lowest BCUT2D eigenvalue weighted by atomic mass is 9.84. The first-order chi connectivity index (χ1) is 12.8. The molecule has 7 heteroatoms. The molecule has 1 aliphatic heterocycles. The standard InChI is InChI=1S/C20H22N4O3/c1-12-10-16-18(20(26)24(12)9-8-23(2)3)17(15(11-21)19(22)27-16)13-4-6-14(25)7-5-13/h4-7,10,17,25H,8-9,22H2,1-3H3/p+1/t17-/m1/s1. The molecule has 0 aliphatic carbocycles. The SMILES string of the molecule is Cc1cc2c(c(=O)n1CC[NH+](C)C)[C@H](c1ccc(O)cc1)C(C#N)=C(N)O2. The van der Waals surface area contributed by atoms with E-state index in [-0.39, 0.29) is 22.8 Å². The van der Waals surface area contributed by atoms with Crippen LogP contribution in [0.15, 0.2) is 46.6 Å². The number of rotatable bonds is 4. The zero-order chi connectivity index (χ0) is 19.7. The molecule has 4 N–H and O–H groups in total. The highest BCUT2D eigenvalue weighted by Crippen LogP contribution is 2.40. The number of nitrogens with one attached hydrogen (secondary N) is 1. The molecule has 0 spiro atoms. The Morgan fingerprint density at radius 3 is 2.59 bits per heavy atom. The predicted octanol–water partition coefficient (Wildman–Crippen LogP) is 0.225. The number of phenols is 1. The minimum atomic E-state index is -0.634. The lowest BCUT2D eigenvalue weighted by molar-refractivity contribution is -0.858. The van der Waals surface area contributed by atoms with Crippen LogP contribution in [0.2, 0.25) is 0 Å². The van der Waals surface area contributed by atoms with Gasteiger partial charge >= 0.3 is 0 Å². The fraction of sp³-hybridized carbons (Fsp3) is 0.300. The highest BCUT2D eigenvalue weighted by Gasteiger charge is 2.34. The zero-order valence-electron chi connectivity index (χ0n) is 15.6. The number of nitrogens with zero attached hydrogens (tertiary/aromatic N) is 2. The molecule has 2 heterocycles. The van der Waals surface area contributed by atoms with Crippen LogP contribution < -0.4 is 20.9 Å². The Morgan fingerprint density at radius 2 is 2.00 bits per heavy atom. The van der Waals surface area contributed by atoms with E-state index in [0.29, 0.717) is 23.4 Å². The number of aromatic nitrogens is 1. The van der Waals surface area contributed by atoms with Crippen molar-refractivity contribution in [3.63, 3.8) is 0 Å². The molecule has 0 saturated heterocycles. The van der Waals surface area contributed by atoms with E-state index >= 15 is 0 Å². The molecule has 0 radical (unpaired) electrons. The Hall–Kier alpha value is -3.24. The number of fused-ring (bicyclic) bond motifs is 1. The number of quaternary nitrogens is 1. The van der Waals surface area contributed by atoms with Crippen LogP contribution >= 0.6 is 0 Å². The zero-order valence-corrected chi connectivity index (χ0v) is 15.6. The van der Waals surface area contributed by atoms with Gasteiger partial charge in [-0.15, -0.1) is 0 Å². The largest absolute Gasteiger partial charge is 0.508 e. The summed E-state index contributed by atoms with van der Waals surface area (Å²) in [5.74, 6) is -0.153. The van der Waals surface area contributed by atoms with Crippen LogP contribution in [-0.4, -0.2) is 30.3 Å². The summed E-state index contributed by atoms with van der Waals surface area (Å²) in [6.07, 6.45) is 0. The molecule has 0 unspecified atom stereocenters. The monoisotopic (exact) mass is 367 g/mol. The molecule has 0 bridgehead atoms. The van der Waals surface area contributed by atoms with Gasteiger partial charge in [0.2, 0.25) is 5.88 Å². The second-order valence-electron chi connectivity index (χ2n) is 6.99. The first-order valence-corrected chi connectivity index (χ1v) is 8.73. The Morgan fingerprint density at radius 1 is 1.33 bits per heavy atom. The van der Waals surface area contributed by atoms with Gasteiger partial charge in [0.05, 0.1) is 38.7 Å². The molecule has 7 nitrogen and oxygen atoms in total. The highest BCUT2D eigenvalue weighted by atomic mass is 16.5. The number of nitrogens with two attached hydrogens (primary N) is 1. The van der Waals surface area contributed by atoms with E-state index in [1.54, 1.807) is 22.8 Å². The van der Waals surface area contributed by atoms with Crippen molar-refractivity contribution in [2.45, 2.75) is 19.4 Å². The second-order valence-corrected chi connectivity index (χ2v) is 6.99. The van der Waals surface area contributed by atoms with Crippen molar-refractivity contribution in [3.05, 3.63) is 69.0 Å². The van der Waals surface area contributed by atoms with Gasteiger partial charge in [0, 0.05) is 11.8 Å². The number of ether oxygens (including phenoxy) is 1. The summed E-state index contributed by atoms with van der Waals surface area (Å²) in [7, 11) is 4.05. The molecule has 1 atom stereocenters. The van der Waals surface area contributed by atoms with E-state index in [4.69, 9.17) is 10.5 Å². The molecule has 0 fully saturated rings. The van der Waals surface area contributed by atoms with Gasteiger partial charge in [-0.05, 0) is 24.6 Å². The van der Waals surface area contributed by atoms with Crippen LogP contribution in [-0.2, 0) is 6.54 Å². The third-order valence-corrected chi connectivity index (χ3v) is 4.75. The fourth-order valence-electron chi connectivity index (χ4n) is 3.30. The summed E-state index contributed by atoms with van der Waals surface area (Å²) >= 11 is 0. The number of nitriles is 1. The summed E-state index contributed by atoms with van der Waals surface area (Å²) < 4.78 is 7.33. The van der Waals surface area contributed by atoms with Gasteiger partial charge in [-0.2, -0.15) is 5.26 Å². The fourth-order valence-corrected chi connectivity index (χ4v) is 3.30. The number of hydrogen-bond acceptors (Lipinski definition) is 5. The maximum atomic E-state index is 13.3. The minimum absolute atomic E-state index is 0.00244. The number of aromatic hydroxyl groups is 1. The average Bonchev–Trinajstić information content (AvgIpc) is 2.61. The van der Waals surface area contributed by atoms with Crippen LogP contribution in [0.4, 0.5) is 0 Å². The van der Waals surface area contributed by atoms with Crippen molar-refractivity contribution in [1.82, 2.24) is 4.57 Å². The van der Waals surface area contributed by atoms with E-state index in [0.717, 1.165) is 12.2 Å². The predicted molar refractivity (Wildman–Crippen MR) is 101 cm³/mol. The molecule has 0 saturated carbocycles. The van der Waals surface area contributed by atoms with Gasteiger partial charge < -0.3 is 25.0 Å². The van der Waals surface area contributed by atoms with Gasteiger partial charge in [0.15, 0.2) is 0 Å². The number of likely N-dealkylation sites (N-methyl/N-ethyl adjacent to an activating group) is 1. The Kier molecular flexibility index (Phi) is 4.93. The topological polar surface area (TPSA) is 106 Å². The molecule has 2 aromatic rings. The van der Waals surface area contributed by atoms with Crippen molar-refractivity contribution in [1.29, 1.82) is 5.26 Å². The summed E-state index contributed by atoms with van der Waals surface area (Å²) in [6.45, 7) is 3.20. The number of phenolic OH excluding ortho intramolecular Hbond substituents is 1. The highest BCUT2D eigenvalue weighted by molar-refractivity contribution is 5.55. The van der Waals surface area contributed by atoms with Crippen LogP contribution in [0.3, 0.4) is 0 Å². The first-order valence-electron chi connectivity index (χ1n) is 8.73. The van der Waals surface area contributed by atoms with Gasteiger partial charge in [-0.1, -0.05) is 12.1 Å². The maximum absolute atomic E-state index is 13.3. The number of pyridine rings is 1. The van der Waals surface area contributed by atoms with Crippen LogP contribution in [0.25, 0.3) is 0 Å². The van der Waals surface area contributed by atoms with E-state index < -0.39 is 5.92 Å². The summed E-state index contributed by atoms with van der Waals surface area (Å²) in [5.41, 5.74) is 7.84. The van der Waals surface area contributed by atoms with Gasteiger partial charge in [-0.25, -0.2) is 0 Å². The van der Waals surface area contributed by atoms with Crippen molar-refractivity contribution < 1.29 is 14.7 Å². The summed E-state index contributed by atoms with van der Waals surface area (Å²) in [4.78, 5) is 14.5. The Balaban J connectivity index is 2.22. The minimum Gasteiger partial charge on any atom is -0.508 e. The molecule has 1 aromatic carbocycles. The number of benzene rings is 1. The van der Waals surface area contributed by atoms with E-state index in [1.165, 1.54) is 17.0 Å². The maximum Gasteiger partial charge on any atom is 0.258 e. The lowest BCUT2D eigenvalue weighted by Crippen LogP contribution is -3.06. The van der Waals surface area contributed by atoms with Gasteiger partial charge in [0.1, 0.15) is 23.1 Å². The van der Waals surface area contributed by atoms with Crippen molar-refractivity contribution >= 4 is 0 Å². The Bertz CT molecular complexity index is 998. The molecule has 1 aromatic heterocycles. The number of aryl methyl sites for hydroxylation is 1. The van der Waals surface area contributed by atoms with Crippen LogP contribution in [0, 0.1) is 18.3 Å². The number of allylic oxidation sites excluding steroid dienone is 1. The van der Waals surface area contributed by atoms with Gasteiger partial charge in [0.25, 0.3) is 5.56 Å². The van der Waals surface area contributed by atoms with Crippen LogP contribution in [0.5, 0.6) is 11.5 Å². The Labute approximate surface area is 157 Å². The molecule has 0 amide bonds. The third kappa shape index (κ3) is 3.39. The molecule has 140 valence electrons. The van der Waals surface area contributed by atoms with Crippen LogP contribution in [0.1, 0.15) is 22.7 Å². The third-order valence-electron chi connectivity index (χ3n) is 4.75. The summed E-state index contributed by atoms with van der Waals surface area (Å²) in [6, 6.07) is 10.3. The van der Waals surface area contributed by atoms with E-state index in [1.807, 2.05) is 21.0 Å². The number of hydrogen-bond donors (Lipinski definition) is 3. The molecular weight excluding hydrogens is 344 g/mol. The van der Waals surface area contributed by atoms with E-state index in [2.05, 4.69) is 6.07 Å². The second kappa shape index (κ2) is 7.17.